The molecule has 5 nitrogen and oxygen atoms in total. The molecule has 4 aliphatic rings. The second-order valence-electron chi connectivity index (χ2n) is 7.86. The van der Waals surface area contributed by atoms with Gasteiger partial charge in [0.15, 0.2) is 0 Å². The van der Waals surface area contributed by atoms with E-state index in [1.165, 1.54) is 5.56 Å². The van der Waals surface area contributed by atoms with Crippen LogP contribution < -0.4 is 4.74 Å². The Morgan fingerprint density at radius 2 is 1.81 bits per heavy atom. The molecule has 140 valence electrons. The molecule has 1 aromatic carbocycles. The van der Waals surface area contributed by atoms with Gasteiger partial charge in [0.05, 0.1) is 13.2 Å². The summed E-state index contributed by atoms with van der Waals surface area (Å²) in [6.07, 6.45) is 3.36. The summed E-state index contributed by atoms with van der Waals surface area (Å²) < 4.78 is 5.29. The monoisotopic (exact) mass is 356 g/mol. The molecular formula is C21H28N2O3. The number of Topliss-reactive ketones (excluding diaryl/α,β-unsaturated/α-hetero) is 1. The predicted octanol–water partition coefficient (Wildman–Crippen LogP) is 2.45. The standard InChI is InChI=1S/C21H28N2O3/c1-3-4-18(24)21(25)23-13-17(14-5-7-16(26-2)8-6-14)20-19(23)15-9-11-22(20)12-10-15/h5-8,15,17,19-20H,3-4,9-13H2,1-2H3/t17-,19+,20+/m1/s1. The fourth-order valence-corrected chi connectivity index (χ4v) is 5.29. The summed E-state index contributed by atoms with van der Waals surface area (Å²) in [4.78, 5) is 29.7. The molecule has 5 heteroatoms. The highest BCUT2D eigenvalue weighted by atomic mass is 16.5. The van der Waals surface area contributed by atoms with Crippen LogP contribution in [0.25, 0.3) is 0 Å². The normalized spacial score (nSPS) is 32.4. The molecule has 0 unspecified atom stereocenters. The first kappa shape index (κ1) is 17.5. The Labute approximate surface area is 155 Å². The fraction of sp³-hybridized carbons (Fsp3) is 0.619. The van der Waals surface area contributed by atoms with Crippen LogP contribution in [0.15, 0.2) is 24.3 Å². The second-order valence-corrected chi connectivity index (χ2v) is 7.86. The second kappa shape index (κ2) is 7.03. The number of carbonyl (C=O) groups excluding carboxylic acids is 2. The Morgan fingerprint density at radius 1 is 1.12 bits per heavy atom. The summed E-state index contributed by atoms with van der Waals surface area (Å²) in [5, 5.41) is 0. The van der Waals surface area contributed by atoms with E-state index in [-0.39, 0.29) is 23.7 Å². The molecule has 26 heavy (non-hydrogen) atoms. The Balaban J connectivity index is 1.65. The quantitative estimate of drug-likeness (QED) is 0.761. The highest BCUT2D eigenvalue weighted by Crippen LogP contribution is 2.46. The van der Waals surface area contributed by atoms with Gasteiger partial charge in [-0.05, 0) is 56.0 Å². The van der Waals surface area contributed by atoms with Crippen molar-refractivity contribution in [1.29, 1.82) is 0 Å². The van der Waals surface area contributed by atoms with Gasteiger partial charge in [-0.15, -0.1) is 0 Å². The topological polar surface area (TPSA) is 49.9 Å². The zero-order chi connectivity index (χ0) is 18.3. The average Bonchev–Trinajstić information content (AvgIpc) is 3.11. The number of benzene rings is 1. The molecule has 3 atom stereocenters. The van der Waals surface area contributed by atoms with Gasteiger partial charge in [-0.3, -0.25) is 14.5 Å². The molecule has 0 spiro atoms. The molecule has 5 rings (SSSR count). The van der Waals surface area contributed by atoms with Crippen LogP contribution in [-0.4, -0.2) is 60.3 Å². The van der Waals surface area contributed by atoms with Gasteiger partial charge in [-0.1, -0.05) is 19.1 Å². The van der Waals surface area contributed by atoms with Crippen LogP contribution in [0, 0.1) is 5.92 Å². The minimum absolute atomic E-state index is 0.193. The fourth-order valence-electron chi connectivity index (χ4n) is 5.29. The number of methoxy groups -OCH3 is 1. The van der Waals surface area contributed by atoms with Gasteiger partial charge >= 0.3 is 0 Å². The Morgan fingerprint density at radius 3 is 2.42 bits per heavy atom. The van der Waals surface area contributed by atoms with E-state index >= 15 is 0 Å². The summed E-state index contributed by atoms with van der Waals surface area (Å²) in [6.45, 7) is 4.84. The average molecular weight is 356 g/mol. The number of carbonyl (C=O) groups is 2. The third-order valence-corrected chi connectivity index (χ3v) is 6.51. The Hall–Kier alpha value is -1.88. The summed E-state index contributed by atoms with van der Waals surface area (Å²) in [5.41, 5.74) is 1.24. The zero-order valence-corrected chi connectivity index (χ0v) is 15.7. The molecule has 0 N–H and O–H groups in total. The van der Waals surface area contributed by atoms with Crippen LogP contribution in [0.4, 0.5) is 0 Å². The summed E-state index contributed by atoms with van der Waals surface area (Å²) >= 11 is 0. The SMILES string of the molecule is CCCC(=O)C(=O)N1C[C@H](c2ccc(OC)cc2)[C@H]2[C@@H]1C1CCN2CC1. The molecule has 1 aromatic rings. The third-order valence-electron chi connectivity index (χ3n) is 6.51. The van der Waals surface area contributed by atoms with E-state index in [9.17, 15) is 9.59 Å². The zero-order valence-electron chi connectivity index (χ0n) is 15.7. The molecule has 4 aliphatic heterocycles. The number of piperidine rings is 3. The number of hydrogen-bond donors (Lipinski definition) is 0. The van der Waals surface area contributed by atoms with Crippen molar-refractivity contribution in [3.8, 4) is 5.75 Å². The van der Waals surface area contributed by atoms with Gasteiger partial charge in [-0.25, -0.2) is 0 Å². The predicted molar refractivity (Wildman–Crippen MR) is 99.2 cm³/mol. The van der Waals surface area contributed by atoms with Crippen LogP contribution in [0.3, 0.4) is 0 Å². The van der Waals surface area contributed by atoms with Gasteiger partial charge in [0.25, 0.3) is 5.91 Å². The molecule has 1 amide bonds. The summed E-state index contributed by atoms with van der Waals surface area (Å²) in [5.74, 6) is 1.17. The number of nitrogens with zero attached hydrogens (tertiary/aromatic N) is 2. The minimum atomic E-state index is -0.258. The lowest BCUT2D eigenvalue weighted by Crippen LogP contribution is -2.61. The van der Waals surface area contributed by atoms with E-state index in [2.05, 4.69) is 17.0 Å². The summed E-state index contributed by atoms with van der Waals surface area (Å²) in [6, 6.07) is 8.76. The van der Waals surface area contributed by atoms with E-state index in [1.54, 1.807) is 7.11 Å². The van der Waals surface area contributed by atoms with Crippen molar-refractivity contribution in [2.45, 2.75) is 50.6 Å². The first-order valence-electron chi connectivity index (χ1n) is 9.85. The molecule has 0 aliphatic carbocycles. The van der Waals surface area contributed by atoms with E-state index in [0.29, 0.717) is 24.9 Å². The van der Waals surface area contributed by atoms with Crippen LogP contribution in [0.2, 0.25) is 0 Å². The Kier molecular flexibility index (Phi) is 4.74. The molecule has 4 fully saturated rings. The number of ketones is 1. The van der Waals surface area contributed by atoms with E-state index < -0.39 is 0 Å². The lowest BCUT2D eigenvalue weighted by Gasteiger charge is -2.51. The maximum atomic E-state index is 12.9. The molecule has 0 aromatic heterocycles. The van der Waals surface area contributed by atoms with Crippen LogP contribution >= 0.6 is 0 Å². The Bertz CT molecular complexity index is 679. The van der Waals surface area contributed by atoms with Crippen LogP contribution in [0.1, 0.15) is 44.1 Å². The number of hydrogen-bond acceptors (Lipinski definition) is 4. The van der Waals surface area contributed by atoms with Gasteiger partial charge in [0.1, 0.15) is 5.75 Å². The highest BCUT2D eigenvalue weighted by Gasteiger charge is 2.55. The van der Waals surface area contributed by atoms with Crippen molar-refractivity contribution in [3.63, 3.8) is 0 Å². The van der Waals surface area contributed by atoms with Crippen molar-refractivity contribution in [2.75, 3.05) is 26.7 Å². The van der Waals surface area contributed by atoms with Gasteiger partial charge in [0, 0.05) is 24.9 Å². The molecule has 0 saturated carbocycles. The minimum Gasteiger partial charge on any atom is -0.497 e. The molecule has 0 radical (unpaired) electrons. The van der Waals surface area contributed by atoms with Crippen molar-refractivity contribution >= 4 is 11.7 Å². The van der Waals surface area contributed by atoms with Crippen molar-refractivity contribution in [1.82, 2.24) is 9.80 Å². The molecule has 4 saturated heterocycles. The smallest absolute Gasteiger partial charge is 0.290 e. The van der Waals surface area contributed by atoms with E-state index in [4.69, 9.17) is 4.74 Å². The van der Waals surface area contributed by atoms with Gasteiger partial charge < -0.3 is 9.64 Å². The summed E-state index contributed by atoms with van der Waals surface area (Å²) in [7, 11) is 1.67. The number of fused-ring (bicyclic) bond motifs is 2. The van der Waals surface area contributed by atoms with Crippen molar-refractivity contribution < 1.29 is 14.3 Å². The van der Waals surface area contributed by atoms with Crippen molar-refractivity contribution in [2.24, 2.45) is 5.92 Å². The highest BCUT2D eigenvalue weighted by molar-refractivity contribution is 6.36. The number of likely N-dealkylation sites (tertiary alicyclic amines) is 1. The molecule has 4 heterocycles. The van der Waals surface area contributed by atoms with Crippen molar-refractivity contribution in [3.05, 3.63) is 29.8 Å². The van der Waals surface area contributed by atoms with Crippen LogP contribution in [-0.2, 0) is 9.59 Å². The molecule has 2 bridgehead atoms. The molecular weight excluding hydrogens is 328 g/mol. The number of rotatable bonds is 5. The first-order valence-corrected chi connectivity index (χ1v) is 9.85. The third kappa shape index (κ3) is 2.82. The lowest BCUT2D eigenvalue weighted by molar-refractivity contribution is -0.147. The van der Waals surface area contributed by atoms with E-state index in [0.717, 1.165) is 38.1 Å². The number of amides is 1. The van der Waals surface area contributed by atoms with Crippen LogP contribution in [0.5, 0.6) is 5.75 Å². The van der Waals surface area contributed by atoms with Gasteiger partial charge in [0.2, 0.25) is 5.78 Å². The van der Waals surface area contributed by atoms with E-state index in [1.807, 2.05) is 24.0 Å². The van der Waals surface area contributed by atoms with Gasteiger partial charge in [-0.2, -0.15) is 0 Å². The largest absolute Gasteiger partial charge is 0.497 e. The maximum Gasteiger partial charge on any atom is 0.290 e. The first-order chi connectivity index (χ1) is 12.6. The lowest BCUT2D eigenvalue weighted by atomic mass is 9.75. The number of ether oxygens (including phenoxy) is 1. The maximum absolute atomic E-state index is 12.9.